The first kappa shape index (κ1) is 24.2. The molecule has 166 valence electrons. The van der Waals surface area contributed by atoms with E-state index < -0.39 is 16.9 Å². The van der Waals surface area contributed by atoms with Crippen molar-refractivity contribution < 1.29 is 19.2 Å². The quantitative estimate of drug-likeness (QED) is 0.292. The first-order chi connectivity index (χ1) is 14.3. The van der Waals surface area contributed by atoms with Crippen LogP contribution in [-0.4, -0.2) is 35.6 Å². The Hall–Kier alpha value is -3.10. The Balaban J connectivity index is 0.00000341. The summed E-state index contributed by atoms with van der Waals surface area (Å²) in [5.74, 6) is 0.199. The summed E-state index contributed by atoms with van der Waals surface area (Å²) in [6, 6.07) is 11.5. The van der Waals surface area contributed by atoms with Gasteiger partial charge in [0.15, 0.2) is 0 Å². The van der Waals surface area contributed by atoms with E-state index in [9.17, 15) is 14.9 Å². The van der Waals surface area contributed by atoms with Crippen LogP contribution < -0.4 is 10.1 Å². The van der Waals surface area contributed by atoms with Gasteiger partial charge in [-0.05, 0) is 44.5 Å². The maximum atomic E-state index is 12.8. The van der Waals surface area contributed by atoms with Crippen LogP contribution >= 0.6 is 12.4 Å². The number of nitrogens with zero attached hydrogens (tertiary/aromatic N) is 1. The molecule has 0 saturated carbocycles. The Labute approximate surface area is 186 Å². The largest absolute Gasteiger partial charge is 0.497 e. The van der Waals surface area contributed by atoms with Crippen LogP contribution in [0, 0.1) is 10.1 Å². The molecule has 0 radical (unpaired) electrons. The van der Waals surface area contributed by atoms with Crippen molar-refractivity contribution >= 4 is 35.0 Å². The van der Waals surface area contributed by atoms with E-state index in [0.29, 0.717) is 17.0 Å². The number of H-pyrrole nitrogens is 1. The van der Waals surface area contributed by atoms with E-state index in [-0.39, 0.29) is 30.7 Å². The Morgan fingerprint density at radius 3 is 2.42 bits per heavy atom. The predicted octanol–water partition coefficient (Wildman–Crippen LogP) is 4.77. The summed E-state index contributed by atoms with van der Waals surface area (Å²) in [4.78, 5) is 26.6. The van der Waals surface area contributed by atoms with Gasteiger partial charge in [0.1, 0.15) is 11.4 Å². The lowest BCUT2D eigenvalue weighted by Gasteiger charge is -2.23. The van der Waals surface area contributed by atoms with Crippen molar-refractivity contribution in [2.45, 2.75) is 32.9 Å². The van der Waals surface area contributed by atoms with Gasteiger partial charge in [-0.2, -0.15) is 0 Å². The van der Waals surface area contributed by atoms with Crippen molar-refractivity contribution in [3.8, 4) is 5.75 Å². The minimum absolute atomic E-state index is 0. The fourth-order valence-corrected chi connectivity index (χ4v) is 3.45. The highest BCUT2D eigenvalue weighted by atomic mass is 35.5. The van der Waals surface area contributed by atoms with Gasteiger partial charge >= 0.3 is 5.97 Å². The van der Waals surface area contributed by atoms with Gasteiger partial charge in [0.2, 0.25) is 0 Å². The normalized spacial score (nSPS) is 11.8. The maximum absolute atomic E-state index is 12.8. The zero-order chi connectivity index (χ0) is 21.8. The summed E-state index contributed by atoms with van der Waals surface area (Å²) >= 11 is 0. The minimum atomic E-state index is -0.458. The number of hydrogen-bond acceptors (Lipinski definition) is 6. The average molecular weight is 448 g/mol. The number of rotatable bonds is 8. The molecule has 8 nitrogen and oxygen atoms in total. The van der Waals surface area contributed by atoms with Crippen molar-refractivity contribution in [2.75, 3.05) is 13.7 Å². The first-order valence-corrected chi connectivity index (χ1v) is 9.72. The molecular weight excluding hydrogens is 422 g/mol. The molecule has 1 atom stereocenters. The van der Waals surface area contributed by atoms with E-state index in [1.807, 2.05) is 32.0 Å². The van der Waals surface area contributed by atoms with E-state index in [4.69, 9.17) is 9.47 Å². The highest BCUT2D eigenvalue weighted by Gasteiger charge is 2.28. The van der Waals surface area contributed by atoms with Crippen molar-refractivity contribution in [1.29, 1.82) is 0 Å². The summed E-state index contributed by atoms with van der Waals surface area (Å²) < 4.78 is 10.7. The Kier molecular flexibility index (Phi) is 8.01. The molecule has 0 saturated heterocycles. The molecule has 9 heteroatoms. The molecule has 1 aromatic heterocycles. The lowest BCUT2D eigenvalue weighted by atomic mass is 9.94. The molecule has 2 aromatic carbocycles. The molecule has 1 heterocycles. The van der Waals surface area contributed by atoms with E-state index in [2.05, 4.69) is 10.3 Å². The number of aromatic amines is 1. The van der Waals surface area contributed by atoms with E-state index >= 15 is 0 Å². The molecule has 0 fully saturated rings. The van der Waals surface area contributed by atoms with Gasteiger partial charge in [-0.15, -0.1) is 12.4 Å². The summed E-state index contributed by atoms with van der Waals surface area (Å²) in [5, 5.41) is 15.3. The Bertz CT molecular complexity index is 1060. The number of carbonyl (C=O) groups is 1. The second-order valence-corrected chi connectivity index (χ2v) is 7.15. The standard InChI is InChI=1S/C22H25N3O5.ClH/c1-5-30-22(26)21-19(17-12-16(29-4)10-11-18(17)24-21)20(23-13(2)3)14-6-8-15(9-7-14)25(27)28;/h6-13,20,23-24H,5H2,1-4H3;1H. The fraction of sp³-hybridized carbons (Fsp3) is 0.318. The van der Waals surface area contributed by atoms with Crippen LogP contribution in [0.25, 0.3) is 10.9 Å². The van der Waals surface area contributed by atoms with E-state index in [1.165, 1.54) is 12.1 Å². The van der Waals surface area contributed by atoms with Crippen LogP contribution in [0.1, 0.15) is 48.4 Å². The SMILES string of the molecule is CCOC(=O)c1[nH]c2ccc(OC)cc2c1C(NC(C)C)c1ccc([N+](=O)[O-])cc1.Cl. The highest BCUT2D eigenvalue weighted by Crippen LogP contribution is 2.35. The van der Waals surface area contributed by atoms with Crippen molar-refractivity contribution in [3.63, 3.8) is 0 Å². The van der Waals surface area contributed by atoms with Crippen LogP contribution in [-0.2, 0) is 4.74 Å². The lowest BCUT2D eigenvalue weighted by molar-refractivity contribution is -0.384. The molecule has 3 rings (SSSR count). The van der Waals surface area contributed by atoms with Gasteiger partial charge < -0.3 is 19.8 Å². The molecule has 0 spiro atoms. The first-order valence-electron chi connectivity index (χ1n) is 9.72. The minimum Gasteiger partial charge on any atom is -0.497 e. The van der Waals surface area contributed by atoms with Gasteiger partial charge in [-0.1, -0.05) is 12.1 Å². The molecule has 0 bridgehead atoms. The second-order valence-electron chi connectivity index (χ2n) is 7.15. The van der Waals surface area contributed by atoms with Gasteiger partial charge in [-0.3, -0.25) is 10.1 Å². The topological polar surface area (TPSA) is 106 Å². The third-order valence-electron chi connectivity index (χ3n) is 4.75. The number of nitro benzene ring substituents is 1. The number of carbonyl (C=O) groups excluding carboxylic acids is 1. The molecule has 31 heavy (non-hydrogen) atoms. The Morgan fingerprint density at radius 1 is 1.19 bits per heavy atom. The number of ether oxygens (including phenoxy) is 2. The molecule has 0 aliphatic heterocycles. The van der Waals surface area contributed by atoms with E-state index in [1.54, 1.807) is 26.2 Å². The molecule has 3 aromatic rings. The molecule has 0 amide bonds. The lowest BCUT2D eigenvalue weighted by Crippen LogP contribution is -2.30. The third kappa shape index (κ3) is 5.15. The molecular formula is C22H26ClN3O5. The maximum Gasteiger partial charge on any atom is 0.355 e. The molecule has 2 N–H and O–H groups in total. The van der Waals surface area contributed by atoms with Crippen molar-refractivity contribution in [1.82, 2.24) is 10.3 Å². The number of benzene rings is 2. The third-order valence-corrected chi connectivity index (χ3v) is 4.75. The van der Waals surface area contributed by atoms with Crippen LogP contribution in [0.2, 0.25) is 0 Å². The number of nitrogens with one attached hydrogen (secondary N) is 2. The highest BCUT2D eigenvalue weighted by molar-refractivity contribution is 5.99. The number of aromatic nitrogens is 1. The summed E-state index contributed by atoms with van der Waals surface area (Å²) in [7, 11) is 1.58. The van der Waals surface area contributed by atoms with Crippen molar-refractivity contribution in [3.05, 3.63) is 69.4 Å². The second kappa shape index (κ2) is 10.3. The number of halogens is 1. The summed E-state index contributed by atoms with van der Waals surface area (Å²) in [5.41, 5.74) is 2.63. The predicted molar refractivity (Wildman–Crippen MR) is 121 cm³/mol. The average Bonchev–Trinajstić information content (AvgIpc) is 3.10. The van der Waals surface area contributed by atoms with Crippen LogP contribution in [0.15, 0.2) is 42.5 Å². The number of fused-ring (bicyclic) bond motifs is 1. The van der Waals surface area contributed by atoms with Crippen LogP contribution in [0.3, 0.4) is 0 Å². The zero-order valence-corrected chi connectivity index (χ0v) is 18.6. The van der Waals surface area contributed by atoms with Crippen LogP contribution in [0.4, 0.5) is 5.69 Å². The number of methoxy groups -OCH3 is 1. The van der Waals surface area contributed by atoms with Crippen molar-refractivity contribution in [2.24, 2.45) is 0 Å². The summed E-state index contributed by atoms with van der Waals surface area (Å²) in [6.07, 6.45) is 0. The molecule has 0 aliphatic carbocycles. The van der Waals surface area contributed by atoms with Gasteiger partial charge in [-0.25, -0.2) is 4.79 Å². The van der Waals surface area contributed by atoms with Gasteiger partial charge in [0.05, 0.1) is 24.7 Å². The zero-order valence-electron chi connectivity index (χ0n) is 17.8. The monoisotopic (exact) mass is 447 g/mol. The molecule has 1 unspecified atom stereocenters. The Morgan fingerprint density at radius 2 is 1.87 bits per heavy atom. The number of nitro groups is 1. The van der Waals surface area contributed by atoms with Gasteiger partial charge in [0, 0.05) is 34.6 Å². The number of esters is 1. The van der Waals surface area contributed by atoms with Crippen LogP contribution in [0.5, 0.6) is 5.75 Å². The van der Waals surface area contributed by atoms with Gasteiger partial charge in [0.25, 0.3) is 5.69 Å². The fourth-order valence-electron chi connectivity index (χ4n) is 3.45. The number of hydrogen-bond donors (Lipinski definition) is 2. The smallest absolute Gasteiger partial charge is 0.355 e. The number of non-ortho nitro benzene ring substituents is 1. The summed E-state index contributed by atoms with van der Waals surface area (Å²) in [6.45, 7) is 6.00. The molecule has 0 aliphatic rings. The van der Waals surface area contributed by atoms with E-state index in [0.717, 1.165) is 16.5 Å².